The van der Waals surface area contributed by atoms with Crippen LogP contribution in [0, 0.1) is 0 Å². The summed E-state index contributed by atoms with van der Waals surface area (Å²) < 4.78 is 0. The summed E-state index contributed by atoms with van der Waals surface area (Å²) in [4.78, 5) is 47.9. The number of carboxylic acids is 1. The number of carboxylic acid groups (broad SMARTS) is 1. The Labute approximate surface area is 126 Å². The highest BCUT2D eigenvalue weighted by Crippen LogP contribution is 2.23. The van der Waals surface area contributed by atoms with Crippen molar-refractivity contribution < 1.29 is 24.3 Å². The number of rotatable bonds is 5. The second-order valence-corrected chi connectivity index (χ2v) is 4.80. The third kappa shape index (κ3) is 2.60. The number of hydrogen-bond acceptors (Lipinski definition) is 4. The molecule has 1 aliphatic heterocycles. The first-order chi connectivity index (χ1) is 10.4. The van der Waals surface area contributed by atoms with Crippen LogP contribution in [0.2, 0.25) is 0 Å². The third-order valence-electron chi connectivity index (χ3n) is 3.26. The lowest BCUT2D eigenvalue weighted by molar-refractivity contribution is -0.138. The van der Waals surface area contributed by atoms with Gasteiger partial charge in [-0.1, -0.05) is 6.08 Å². The van der Waals surface area contributed by atoms with Crippen molar-refractivity contribution in [1.82, 2.24) is 10.2 Å². The lowest BCUT2D eigenvalue weighted by Gasteiger charge is -2.10. The van der Waals surface area contributed by atoms with Crippen molar-refractivity contribution in [1.29, 1.82) is 0 Å². The second-order valence-electron chi connectivity index (χ2n) is 4.80. The maximum Gasteiger partial charge on any atom is 0.325 e. The van der Waals surface area contributed by atoms with Crippen LogP contribution in [-0.4, -0.2) is 46.3 Å². The number of carbonyl (C=O) groups excluding carboxylic acids is 3. The SMILES string of the molecule is C=CCN1C(=O)c2ccc(C(=O)NC(C)C(=O)O)cc2C1=O. The maximum atomic E-state index is 12.1. The first kappa shape index (κ1) is 15.4. The van der Waals surface area contributed by atoms with E-state index in [9.17, 15) is 19.2 Å². The molecule has 0 aromatic heterocycles. The van der Waals surface area contributed by atoms with E-state index in [1.165, 1.54) is 31.2 Å². The minimum atomic E-state index is -1.17. The van der Waals surface area contributed by atoms with Gasteiger partial charge in [0.1, 0.15) is 6.04 Å². The van der Waals surface area contributed by atoms with Crippen LogP contribution in [0.4, 0.5) is 0 Å². The van der Waals surface area contributed by atoms with Crippen LogP contribution in [0.25, 0.3) is 0 Å². The van der Waals surface area contributed by atoms with E-state index in [1.807, 2.05) is 0 Å². The molecule has 114 valence electrons. The molecule has 0 fully saturated rings. The normalized spacial score (nSPS) is 14.5. The Kier molecular flexibility index (Phi) is 4.07. The van der Waals surface area contributed by atoms with Gasteiger partial charge in [0, 0.05) is 12.1 Å². The zero-order valence-corrected chi connectivity index (χ0v) is 11.8. The first-order valence-electron chi connectivity index (χ1n) is 6.51. The fourth-order valence-corrected chi connectivity index (χ4v) is 2.07. The number of benzene rings is 1. The molecular weight excluding hydrogens is 288 g/mol. The van der Waals surface area contributed by atoms with Crippen LogP contribution < -0.4 is 5.32 Å². The zero-order chi connectivity index (χ0) is 16.4. The van der Waals surface area contributed by atoms with Crippen LogP contribution in [-0.2, 0) is 4.79 Å². The highest BCUT2D eigenvalue weighted by Gasteiger charge is 2.35. The largest absolute Gasteiger partial charge is 0.480 e. The van der Waals surface area contributed by atoms with E-state index in [0.717, 1.165) is 4.90 Å². The molecule has 0 saturated heterocycles. The minimum Gasteiger partial charge on any atom is -0.480 e. The van der Waals surface area contributed by atoms with Gasteiger partial charge in [-0.05, 0) is 25.1 Å². The topological polar surface area (TPSA) is 104 Å². The van der Waals surface area contributed by atoms with Crippen molar-refractivity contribution in [3.8, 4) is 0 Å². The number of nitrogens with one attached hydrogen (secondary N) is 1. The molecule has 3 amide bonds. The number of nitrogens with zero attached hydrogens (tertiary/aromatic N) is 1. The third-order valence-corrected chi connectivity index (χ3v) is 3.26. The second kappa shape index (κ2) is 5.80. The summed E-state index contributed by atoms with van der Waals surface area (Å²) in [5.41, 5.74) is 0.464. The van der Waals surface area contributed by atoms with Gasteiger partial charge in [0.2, 0.25) is 0 Å². The fourth-order valence-electron chi connectivity index (χ4n) is 2.07. The Hall–Kier alpha value is -2.96. The van der Waals surface area contributed by atoms with Gasteiger partial charge in [0.15, 0.2) is 0 Å². The maximum absolute atomic E-state index is 12.1. The predicted molar refractivity (Wildman–Crippen MR) is 76.6 cm³/mol. The number of amides is 3. The molecular formula is C15H14N2O5. The monoisotopic (exact) mass is 302 g/mol. The quantitative estimate of drug-likeness (QED) is 0.614. The summed E-state index contributed by atoms with van der Waals surface area (Å²) in [5.74, 6) is -2.73. The van der Waals surface area contributed by atoms with Crippen LogP contribution in [0.5, 0.6) is 0 Å². The van der Waals surface area contributed by atoms with E-state index in [2.05, 4.69) is 11.9 Å². The molecule has 22 heavy (non-hydrogen) atoms. The van der Waals surface area contributed by atoms with Crippen LogP contribution in [0.15, 0.2) is 30.9 Å². The molecule has 0 bridgehead atoms. The van der Waals surface area contributed by atoms with Gasteiger partial charge in [-0.15, -0.1) is 6.58 Å². The highest BCUT2D eigenvalue weighted by atomic mass is 16.4. The summed E-state index contributed by atoms with van der Waals surface area (Å²) in [7, 11) is 0. The van der Waals surface area contributed by atoms with E-state index < -0.39 is 29.7 Å². The van der Waals surface area contributed by atoms with Crippen molar-refractivity contribution in [2.24, 2.45) is 0 Å². The lowest BCUT2D eigenvalue weighted by atomic mass is 10.1. The van der Waals surface area contributed by atoms with Crippen LogP contribution in [0.1, 0.15) is 38.0 Å². The van der Waals surface area contributed by atoms with Crippen molar-refractivity contribution in [2.75, 3.05) is 6.54 Å². The molecule has 1 aliphatic rings. The number of imide groups is 1. The van der Waals surface area contributed by atoms with Crippen molar-refractivity contribution in [3.05, 3.63) is 47.5 Å². The molecule has 1 aromatic rings. The van der Waals surface area contributed by atoms with E-state index in [4.69, 9.17) is 5.11 Å². The molecule has 2 rings (SSSR count). The molecule has 0 saturated carbocycles. The molecule has 1 heterocycles. The standard InChI is InChI=1S/C15H14N2O5/c1-3-6-17-13(19)10-5-4-9(7-11(10)14(17)20)12(18)16-8(2)15(21)22/h3-5,7-8H,1,6H2,2H3,(H,16,18)(H,21,22). The molecule has 1 atom stereocenters. The van der Waals surface area contributed by atoms with Crippen molar-refractivity contribution in [3.63, 3.8) is 0 Å². The zero-order valence-electron chi connectivity index (χ0n) is 11.8. The Morgan fingerprint density at radius 1 is 1.32 bits per heavy atom. The lowest BCUT2D eigenvalue weighted by Crippen LogP contribution is -2.38. The van der Waals surface area contributed by atoms with Gasteiger partial charge in [-0.25, -0.2) is 0 Å². The van der Waals surface area contributed by atoms with Crippen molar-refractivity contribution in [2.45, 2.75) is 13.0 Å². The fraction of sp³-hybridized carbons (Fsp3) is 0.200. The number of carbonyl (C=O) groups is 4. The van der Waals surface area contributed by atoms with E-state index in [-0.39, 0.29) is 23.2 Å². The average Bonchev–Trinajstić information content (AvgIpc) is 2.72. The summed E-state index contributed by atoms with van der Waals surface area (Å²) in [6.07, 6.45) is 1.43. The Morgan fingerprint density at radius 2 is 1.95 bits per heavy atom. The van der Waals surface area contributed by atoms with Crippen LogP contribution >= 0.6 is 0 Å². The van der Waals surface area contributed by atoms with Gasteiger partial charge >= 0.3 is 5.97 Å². The first-order valence-corrected chi connectivity index (χ1v) is 6.51. The number of fused-ring (bicyclic) bond motifs is 1. The molecule has 7 heteroatoms. The van der Waals surface area contributed by atoms with E-state index in [0.29, 0.717) is 0 Å². The number of hydrogen-bond donors (Lipinski definition) is 2. The Balaban J connectivity index is 2.29. The van der Waals surface area contributed by atoms with E-state index in [1.54, 1.807) is 0 Å². The van der Waals surface area contributed by atoms with Gasteiger partial charge < -0.3 is 10.4 Å². The van der Waals surface area contributed by atoms with E-state index >= 15 is 0 Å². The molecule has 7 nitrogen and oxygen atoms in total. The van der Waals surface area contributed by atoms with Crippen LogP contribution in [0.3, 0.4) is 0 Å². The molecule has 0 spiro atoms. The van der Waals surface area contributed by atoms with Crippen molar-refractivity contribution >= 4 is 23.7 Å². The minimum absolute atomic E-state index is 0.0872. The highest BCUT2D eigenvalue weighted by molar-refractivity contribution is 6.22. The molecule has 1 unspecified atom stereocenters. The smallest absolute Gasteiger partial charge is 0.325 e. The molecule has 0 radical (unpaired) electrons. The van der Waals surface area contributed by atoms with Gasteiger partial charge in [0.25, 0.3) is 17.7 Å². The molecule has 2 N–H and O–H groups in total. The predicted octanol–water partition coefficient (Wildman–Crippen LogP) is 0.671. The molecule has 0 aliphatic carbocycles. The average molecular weight is 302 g/mol. The van der Waals surface area contributed by atoms with Gasteiger partial charge in [-0.2, -0.15) is 0 Å². The summed E-state index contributed by atoms with van der Waals surface area (Å²) in [6.45, 7) is 4.90. The Bertz CT molecular complexity index is 695. The summed E-state index contributed by atoms with van der Waals surface area (Å²) in [5, 5.41) is 11.1. The Morgan fingerprint density at radius 3 is 2.55 bits per heavy atom. The number of aliphatic carboxylic acids is 1. The van der Waals surface area contributed by atoms with Gasteiger partial charge in [-0.3, -0.25) is 24.1 Å². The summed E-state index contributed by atoms with van der Waals surface area (Å²) >= 11 is 0. The molecule has 1 aromatic carbocycles. The van der Waals surface area contributed by atoms with Gasteiger partial charge in [0.05, 0.1) is 11.1 Å². The summed E-state index contributed by atoms with van der Waals surface area (Å²) in [6, 6.07) is 3.00.